The Morgan fingerprint density at radius 3 is 0.823 bits per heavy atom. The fraction of sp³-hybridized carbons (Fsp3) is 0.548. The molecular formula is C73H112O6. The third-order valence-electron chi connectivity index (χ3n) is 12.5. The number of unbranched alkanes of at least 4 members (excludes halogenated alkanes) is 15. The summed E-state index contributed by atoms with van der Waals surface area (Å²) in [5.74, 6) is -1.23. The fourth-order valence-corrected chi connectivity index (χ4v) is 7.91. The van der Waals surface area contributed by atoms with Gasteiger partial charge in [-0.2, -0.15) is 0 Å². The molecule has 0 aliphatic heterocycles. The van der Waals surface area contributed by atoms with E-state index in [4.69, 9.17) is 14.2 Å². The zero-order chi connectivity index (χ0) is 57.1. The molecule has 0 aliphatic carbocycles. The van der Waals surface area contributed by atoms with Crippen molar-refractivity contribution >= 4 is 17.9 Å². The van der Waals surface area contributed by atoms with Gasteiger partial charge in [-0.1, -0.05) is 287 Å². The highest BCUT2D eigenvalue weighted by Crippen LogP contribution is 2.15. The minimum Gasteiger partial charge on any atom is -0.462 e. The van der Waals surface area contributed by atoms with Crippen LogP contribution >= 0.6 is 0 Å². The second-order valence-corrected chi connectivity index (χ2v) is 19.9. The molecule has 1 atom stereocenters. The number of esters is 3. The van der Waals surface area contributed by atoms with Crippen molar-refractivity contribution in [2.24, 2.45) is 0 Å². The van der Waals surface area contributed by atoms with Crippen LogP contribution in [0.3, 0.4) is 0 Å². The predicted molar refractivity (Wildman–Crippen MR) is 343 cm³/mol. The molecule has 0 aromatic rings. The molecule has 0 saturated heterocycles. The summed E-state index contributed by atoms with van der Waals surface area (Å²) >= 11 is 0. The van der Waals surface area contributed by atoms with E-state index in [0.717, 1.165) is 103 Å². The maximum Gasteiger partial charge on any atom is 0.310 e. The Labute approximate surface area is 484 Å². The molecule has 0 radical (unpaired) electrons. The highest BCUT2D eigenvalue weighted by atomic mass is 16.6. The summed E-state index contributed by atoms with van der Waals surface area (Å²) in [7, 11) is 0. The Morgan fingerprint density at radius 2 is 0.506 bits per heavy atom. The highest BCUT2D eigenvalue weighted by Gasteiger charge is 2.19. The van der Waals surface area contributed by atoms with Crippen LogP contribution in [0.5, 0.6) is 0 Å². The zero-order valence-corrected chi connectivity index (χ0v) is 50.3. The molecule has 0 bridgehead atoms. The maximum absolute atomic E-state index is 12.8. The lowest BCUT2D eigenvalue weighted by atomic mass is 10.0. The lowest BCUT2D eigenvalue weighted by molar-refractivity contribution is -0.166. The van der Waals surface area contributed by atoms with E-state index in [9.17, 15) is 14.4 Å². The van der Waals surface area contributed by atoms with E-state index in [2.05, 4.69) is 179 Å². The third-order valence-corrected chi connectivity index (χ3v) is 12.5. The minimum atomic E-state index is -0.882. The predicted octanol–water partition coefficient (Wildman–Crippen LogP) is 21.7. The first-order valence-electron chi connectivity index (χ1n) is 31.3. The molecule has 0 saturated carbocycles. The van der Waals surface area contributed by atoms with E-state index in [1.165, 1.54) is 83.5 Å². The summed E-state index contributed by atoms with van der Waals surface area (Å²) in [6.07, 6.45) is 98.2. The Balaban J connectivity index is 4.39. The summed E-state index contributed by atoms with van der Waals surface area (Å²) < 4.78 is 16.7. The van der Waals surface area contributed by atoms with Gasteiger partial charge in [0.05, 0.1) is 12.8 Å². The molecule has 0 aromatic carbocycles. The standard InChI is InChI=1S/C73H112O6/c1-4-7-10-13-16-19-22-25-28-29-30-31-32-33-34-35-36-37-38-39-40-41-42-43-46-48-51-54-57-60-63-66-72(75)78-69-70(79-73(76)67-64-61-58-55-52-49-45-27-24-21-18-15-12-9-6-3)68-77-71(74)65-62-59-56-53-50-47-44-26-23-20-17-14-11-8-5-2/h7-12,16-21,25-28,30-31,33-34,44-45,50,52-53,55,59,61-62,64,70H,4-6,13-15,22-24,29,32,35-43,46-49,51,54,56-58,60,63,65-69H2,1-3H3/b10-7-,11-8-,12-9-,19-16-,20-17-,21-18-,28-25-,31-30-,34-33-,44-26-,45-27-,53-50-,55-52-,62-59-,64-61-. The molecule has 79 heavy (non-hydrogen) atoms. The molecular weight excluding hydrogens is 973 g/mol. The molecule has 0 N–H and O–H groups in total. The zero-order valence-electron chi connectivity index (χ0n) is 50.3. The SMILES string of the molecule is CC/C=C\C/C=C\C/C=C\C/C=C\C/C=C\CCCCCCCCCCCCCCCCCC(=O)OCC(COC(=O)C/C=C\C/C=C\C/C=C\C/C=C\C/C=C\CC)OC(=O)C/C=C\C/C=C\C/C=C\C/C=C\C/C=C\CC. The Hall–Kier alpha value is -5.49. The van der Waals surface area contributed by atoms with Crippen LogP contribution in [0.2, 0.25) is 0 Å². The van der Waals surface area contributed by atoms with Crippen molar-refractivity contribution in [2.75, 3.05) is 13.2 Å². The van der Waals surface area contributed by atoms with Gasteiger partial charge in [-0.25, -0.2) is 0 Å². The van der Waals surface area contributed by atoms with Crippen LogP contribution in [-0.2, 0) is 28.6 Å². The van der Waals surface area contributed by atoms with Crippen LogP contribution < -0.4 is 0 Å². The molecule has 440 valence electrons. The van der Waals surface area contributed by atoms with Crippen LogP contribution in [0.1, 0.15) is 239 Å². The highest BCUT2D eigenvalue weighted by molar-refractivity contribution is 5.72. The molecule has 0 heterocycles. The van der Waals surface area contributed by atoms with Crippen molar-refractivity contribution in [1.29, 1.82) is 0 Å². The van der Waals surface area contributed by atoms with Crippen LogP contribution in [0.25, 0.3) is 0 Å². The first-order valence-corrected chi connectivity index (χ1v) is 31.3. The molecule has 0 rings (SSSR count). The van der Waals surface area contributed by atoms with Crippen molar-refractivity contribution < 1.29 is 28.6 Å². The number of rotatable bonds is 54. The number of allylic oxidation sites excluding steroid dienone is 28. The average Bonchev–Trinajstić information content (AvgIpc) is 3.45. The second kappa shape index (κ2) is 65.0. The Bertz CT molecular complexity index is 1870. The number of ether oxygens (including phenoxy) is 3. The van der Waals surface area contributed by atoms with Gasteiger partial charge in [0.2, 0.25) is 0 Å². The Kier molecular flexibility index (Phi) is 60.5. The van der Waals surface area contributed by atoms with E-state index in [0.29, 0.717) is 19.3 Å². The number of hydrogen-bond donors (Lipinski definition) is 0. The van der Waals surface area contributed by atoms with E-state index >= 15 is 0 Å². The molecule has 6 heteroatoms. The van der Waals surface area contributed by atoms with Gasteiger partial charge in [0.15, 0.2) is 6.10 Å². The second-order valence-electron chi connectivity index (χ2n) is 19.9. The monoisotopic (exact) mass is 1080 g/mol. The van der Waals surface area contributed by atoms with Crippen molar-refractivity contribution in [3.05, 3.63) is 182 Å². The number of carbonyl (C=O) groups excluding carboxylic acids is 3. The normalized spacial score (nSPS) is 13.4. The van der Waals surface area contributed by atoms with Crippen LogP contribution in [-0.4, -0.2) is 37.2 Å². The largest absolute Gasteiger partial charge is 0.462 e. The molecule has 0 aromatic heterocycles. The van der Waals surface area contributed by atoms with Gasteiger partial charge in [0, 0.05) is 6.42 Å². The molecule has 0 spiro atoms. The quantitative estimate of drug-likeness (QED) is 0.0261. The van der Waals surface area contributed by atoms with Crippen LogP contribution in [0.4, 0.5) is 0 Å². The number of hydrogen-bond acceptors (Lipinski definition) is 6. The van der Waals surface area contributed by atoms with Gasteiger partial charge >= 0.3 is 17.9 Å². The van der Waals surface area contributed by atoms with E-state index < -0.39 is 18.0 Å². The van der Waals surface area contributed by atoms with Crippen molar-refractivity contribution in [3.63, 3.8) is 0 Å². The molecule has 1 unspecified atom stereocenters. The van der Waals surface area contributed by atoms with Crippen molar-refractivity contribution in [1.82, 2.24) is 0 Å². The van der Waals surface area contributed by atoms with Gasteiger partial charge in [-0.3, -0.25) is 14.4 Å². The topological polar surface area (TPSA) is 78.9 Å². The fourth-order valence-electron chi connectivity index (χ4n) is 7.91. The van der Waals surface area contributed by atoms with Gasteiger partial charge in [0.25, 0.3) is 0 Å². The molecule has 0 aliphatic rings. The third kappa shape index (κ3) is 63.2. The van der Waals surface area contributed by atoms with Crippen LogP contribution in [0, 0.1) is 0 Å². The minimum absolute atomic E-state index is 0.0697. The molecule has 0 amide bonds. The summed E-state index contributed by atoms with van der Waals surface area (Å²) in [4.78, 5) is 38.1. The Morgan fingerprint density at radius 1 is 0.266 bits per heavy atom. The average molecular weight is 1090 g/mol. The van der Waals surface area contributed by atoms with Gasteiger partial charge in [0.1, 0.15) is 13.2 Å². The smallest absolute Gasteiger partial charge is 0.310 e. The van der Waals surface area contributed by atoms with Gasteiger partial charge in [-0.15, -0.1) is 0 Å². The lowest BCUT2D eigenvalue weighted by Gasteiger charge is -2.17. The maximum atomic E-state index is 12.8. The first kappa shape index (κ1) is 73.5. The summed E-state index contributed by atoms with van der Waals surface area (Å²) in [6, 6.07) is 0. The van der Waals surface area contributed by atoms with Crippen molar-refractivity contribution in [3.8, 4) is 0 Å². The molecule has 6 nitrogen and oxygen atoms in total. The summed E-state index contributed by atoms with van der Waals surface area (Å²) in [5.41, 5.74) is 0. The molecule has 0 fully saturated rings. The van der Waals surface area contributed by atoms with Gasteiger partial charge in [-0.05, 0) is 116 Å². The summed E-state index contributed by atoms with van der Waals surface area (Å²) in [6.45, 7) is 6.11. The van der Waals surface area contributed by atoms with E-state index in [1.807, 2.05) is 12.2 Å². The van der Waals surface area contributed by atoms with E-state index in [1.54, 1.807) is 12.2 Å². The first-order chi connectivity index (χ1) is 39.0. The lowest BCUT2D eigenvalue weighted by Crippen LogP contribution is -2.30. The van der Waals surface area contributed by atoms with Crippen molar-refractivity contribution in [2.45, 2.75) is 245 Å². The van der Waals surface area contributed by atoms with E-state index in [-0.39, 0.29) is 32.0 Å². The number of carbonyl (C=O) groups is 3. The summed E-state index contributed by atoms with van der Waals surface area (Å²) in [5, 5.41) is 0. The van der Waals surface area contributed by atoms with Crippen LogP contribution in [0.15, 0.2) is 182 Å². The van der Waals surface area contributed by atoms with Gasteiger partial charge < -0.3 is 14.2 Å².